The van der Waals surface area contributed by atoms with Crippen LogP contribution in [-0.4, -0.2) is 44.8 Å². The molecule has 0 amide bonds. The van der Waals surface area contributed by atoms with E-state index in [4.69, 9.17) is 9.47 Å². The first-order chi connectivity index (χ1) is 24.7. The van der Waals surface area contributed by atoms with E-state index in [-0.39, 0.29) is 29.4 Å². The Kier molecular flexibility index (Phi) is 11.1. The van der Waals surface area contributed by atoms with Crippen molar-refractivity contribution in [1.82, 2.24) is 24.5 Å². The van der Waals surface area contributed by atoms with Crippen LogP contribution < -0.4 is 14.8 Å². The second kappa shape index (κ2) is 16.0. The number of halogens is 4. The van der Waals surface area contributed by atoms with E-state index in [2.05, 4.69) is 79.9 Å². The van der Waals surface area contributed by atoms with Gasteiger partial charge in [0, 0.05) is 30.9 Å². The molecule has 1 N–H and O–H groups in total. The monoisotopic (exact) mass is 698 g/mol. The third-order valence-electron chi connectivity index (χ3n) is 8.83. The molecule has 1 saturated carbocycles. The van der Waals surface area contributed by atoms with Gasteiger partial charge < -0.3 is 19.4 Å². The smallest absolute Gasteiger partial charge is 0.451 e. The first-order valence-corrected chi connectivity index (χ1v) is 16.7. The molecule has 0 aliphatic heterocycles. The van der Waals surface area contributed by atoms with E-state index in [1.807, 2.05) is 18.5 Å². The van der Waals surface area contributed by atoms with Gasteiger partial charge in [-0.05, 0) is 79.1 Å². The van der Waals surface area contributed by atoms with Crippen LogP contribution >= 0.6 is 0 Å². The Balaban J connectivity index is 0.000000179. The topological polar surface area (TPSA) is 87.0 Å². The van der Waals surface area contributed by atoms with E-state index >= 15 is 0 Å². The second-order valence-corrected chi connectivity index (χ2v) is 12.2. The number of imidazole rings is 1. The summed E-state index contributed by atoms with van der Waals surface area (Å²) in [7, 11) is 3.15. The van der Waals surface area contributed by atoms with Crippen molar-refractivity contribution >= 4 is 17.0 Å². The van der Waals surface area contributed by atoms with Crippen LogP contribution in [0, 0.1) is 5.82 Å². The zero-order valence-electron chi connectivity index (χ0n) is 28.3. The van der Waals surface area contributed by atoms with E-state index in [0.717, 1.165) is 30.8 Å². The molecule has 0 radical (unpaired) electrons. The summed E-state index contributed by atoms with van der Waals surface area (Å²) >= 11 is 0. The molecule has 1 fully saturated rings. The standard InChI is InChI=1S/C25H27NO2.C14H11F4N5/c1-27-24-12-11-21(18-25(24)28-22-9-5-6-10-22)23(20-7-3-2-4-8-20)17-19-13-15-26-16-14-19;1-19-11-10-12(22-13(21-11)14(16,17)18)23(7-20-10)6-8-4-2-3-5-9(8)15/h2-4,7-8,11-16,18,22-23H,5-6,9-10,17H2,1H3;2-5,7H,6H2,1H3,(H,19,21,22)/t23-;/m1./s1. The lowest BCUT2D eigenvalue weighted by Gasteiger charge is -2.22. The molecule has 1 aliphatic carbocycles. The highest BCUT2D eigenvalue weighted by Crippen LogP contribution is 2.37. The first kappa shape index (κ1) is 35.3. The van der Waals surface area contributed by atoms with Gasteiger partial charge >= 0.3 is 6.18 Å². The summed E-state index contributed by atoms with van der Waals surface area (Å²) < 4.78 is 65.8. The number of rotatable bonds is 10. The normalized spacial score (nSPS) is 13.8. The summed E-state index contributed by atoms with van der Waals surface area (Å²) in [6, 6.07) is 27.3. The summed E-state index contributed by atoms with van der Waals surface area (Å²) in [5.74, 6) is 0.168. The summed E-state index contributed by atoms with van der Waals surface area (Å²) in [6.45, 7) is 0.0145. The highest BCUT2D eigenvalue weighted by Gasteiger charge is 2.36. The zero-order chi connectivity index (χ0) is 35.8. The number of methoxy groups -OCH3 is 1. The lowest BCUT2D eigenvalue weighted by atomic mass is 9.86. The number of nitrogens with zero attached hydrogens (tertiary/aromatic N) is 5. The van der Waals surface area contributed by atoms with Crippen molar-refractivity contribution in [3.63, 3.8) is 0 Å². The van der Waals surface area contributed by atoms with Crippen molar-refractivity contribution < 1.29 is 27.0 Å². The maximum atomic E-state index is 13.7. The van der Waals surface area contributed by atoms with E-state index in [1.54, 1.807) is 19.2 Å². The molecule has 1 atom stereocenters. The molecule has 264 valence electrons. The van der Waals surface area contributed by atoms with Crippen molar-refractivity contribution in [2.45, 2.75) is 56.8 Å². The average molecular weight is 699 g/mol. The molecule has 3 aromatic heterocycles. The van der Waals surface area contributed by atoms with Crippen molar-refractivity contribution in [1.29, 1.82) is 0 Å². The molecular formula is C39H38F4N6O2. The number of nitrogens with one attached hydrogen (secondary N) is 1. The van der Waals surface area contributed by atoms with Crippen LogP contribution in [-0.2, 0) is 19.1 Å². The molecule has 1 aliphatic rings. The fraction of sp³-hybridized carbons (Fsp3) is 0.282. The minimum Gasteiger partial charge on any atom is -0.493 e. The van der Waals surface area contributed by atoms with Crippen LogP contribution in [0.25, 0.3) is 11.2 Å². The van der Waals surface area contributed by atoms with Gasteiger partial charge in [0.05, 0.1) is 26.1 Å². The highest BCUT2D eigenvalue weighted by atomic mass is 19.4. The molecule has 51 heavy (non-hydrogen) atoms. The molecule has 3 aromatic carbocycles. The highest BCUT2D eigenvalue weighted by molar-refractivity contribution is 5.83. The second-order valence-electron chi connectivity index (χ2n) is 12.2. The van der Waals surface area contributed by atoms with Crippen LogP contribution in [0.1, 0.15) is 59.7 Å². The average Bonchev–Trinajstić information content (AvgIpc) is 3.82. The van der Waals surface area contributed by atoms with E-state index in [0.29, 0.717) is 11.7 Å². The molecule has 0 bridgehead atoms. The van der Waals surface area contributed by atoms with Gasteiger partial charge in [0.15, 0.2) is 23.0 Å². The number of hydrogen-bond acceptors (Lipinski definition) is 7. The predicted octanol–water partition coefficient (Wildman–Crippen LogP) is 8.86. The zero-order valence-corrected chi connectivity index (χ0v) is 28.3. The number of anilines is 1. The minimum atomic E-state index is -4.69. The van der Waals surface area contributed by atoms with Crippen LogP contribution in [0.15, 0.2) is 104 Å². The van der Waals surface area contributed by atoms with Gasteiger partial charge in [0.1, 0.15) is 11.3 Å². The van der Waals surface area contributed by atoms with E-state index in [1.165, 1.54) is 59.6 Å². The third-order valence-corrected chi connectivity index (χ3v) is 8.83. The molecule has 0 saturated heterocycles. The number of aromatic nitrogens is 5. The lowest BCUT2D eigenvalue weighted by molar-refractivity contribution is -0.144. The SMILES string of the molecule is CNc1nc(C(F)(F)F)nc2c1ncn2Cc1ccccc1F.COc1ccc([C@H](Cc2ccncc2)c2ccccc2)cc1OC1CCCC1. The van der Waals surface area contributed by atoms with Gasteiger partial charge in [-0.1, -0.05) is 54.6 Å². The number of alkyl halides is 3. The molecule has 0 spiro atoms. The first-order valence-electron chi connectivity index (χ1n) is 16.7. The van der Waals surface area contributed by atoms with Crippen LogP contribution in [0.4, 0.5) is 23.4 Å². The van der Waals surface area contributed by atoms with Crippen molar-refractivity contribution in [2.24, 2.45) is 0 Å². The van der Waals surface area contributed by atoms with Crippen LogP contribution in [0.5, 0.6) is 11.5 Å². The summed E-state index contributed by atoms with van der Waals surface area (Å²) in [6.07, 6.45) is 6.34. The summed E-state index contributed by atoms with van der Waals surface area (Å²) in [5, 5.41) is 2.57. The van der Waals surface area contributed by atoms with Crippen molar-refractivity contribution in [3.05, 3.63) is 138 Å². The van der Waals surface area contributed by atoms with Crippen molar-refractivity contribution in [3.8, 4) is 11.5 Å². The fourth-order valence-electron chi connectivity index (χ4n) is 6.23. The van der Waals surface area contributed by atoms with Gasteiger partial charge in [-0.3, -0.25) is 4.98 Å². The van der Waals surface area contributed by atoms with Gasteiger partial charge in [-0.15, -0.1) is 0 Å². The van der Waals surface area contributed by atoms with E-state index < -0.39 is 17.8 Å². The van der Waals surface area contributed by atoms with Crippen LogP contribution in [0.3, 0.4) is 0 Å². The Labute approximate surface area is 293 Å². The minimum absolute atomic E-state index is 0.0140. The number of benzene rings is 3. The Morgan fingerprint density at radius 2 is 1.61 bits per heavy atom. The predicted molar refractivity (Wildman–Crippen MR) is 187 cm³/mol. The molecular weight excluding hydrogens is 660 g/mol. The number of hydrogen-bond donors (Lipinski definition) is 1. The van der Waals surface area contributed by atoms with Gasteiger partial charge in [-0.25, -0.2) is 19.3 Å². The van der Waals surface area contributed by atoms with Gasteiger partial charge in [0.2, 0.25) is 5.82 Å². The largest absolute Gasteiger partial charge is 0.493 e. The lowest BCUT2D eigenvalue weighted by Crippen LogP contribution is -2.14. The summed E-state index contributed by atoms with van der Waals surface area (Å²) in [4.78, 5) is 15.2. The van der Waals surface area contributed by atoms with Gasteiger partial charge in [-0.2, -0.15) is 13.2 Å². The van der Waals surface area contributed by atoms with Crippen molar-refractivity contribution in [2.75, 3.05) is 19.5 Å². The molecule has 7 rings (SSSR count). The number of fused-ring (bicyclic) bond motifs is 1. The molecule has 6 aromatic rings. The maximum Gasteiger partial charge on any atom is 0.451 e. The fourth-order valence-corrected chi connectivity index (χ4v) is 6.23. The Hall–Kier alpha value is -5.52. The quantitative estimate of drug-likeness (QED) is 0.143. The summed E-state index contributed by atoms with van der Waals surface area (Å²) in [5.41, 5.74) is 4.33. The number of pyridine rings is 1. The third kappa shape index (κ3) is 8.62. The van der Waals surface area contributed by atoms with Gasteiger partial charge in [0.25, 0.3) is 0 Å². The Morgan fingerprint density at radius 1 is 0.882 bits per heavy atom. The molecule has 0 unspecified atom stereocenters. The number of ether oxygens (including phenoxy) is 2. The molecule has 8 nitrogen and oxygen atoms in total. The molecule has 12 heteroatoms. The maximum absolute atomic E-state index is 13.7. The Morgan fingerprint density at radius 3 is 2.29 bits per heavy atom. The van der Waals surface area contributed by atoms with Crippen LogP contribution in [0.2, 0.25) is 0 Å². The van der Waals surface area contributed by atoms with E-state index in [9.17, 15) is 17.6 Å². The Bertz CT molecular complexity index is 2030. The molecule has 3 heterocycles.